The van der Waals surface area contributed by atoms with E-state index >= 15 is 0 Å². The van der Waals surface area contributed by atoms with Crippen molar-refractivity contribution in [2.75, 3.05) is 19.1 Å². The lowest BCUT2D eigenvalue weighted by molar-refractivity contribution is -0.118. The van der Waals surface area contributed by atoms with Gasteiger partial charge in [0, 0.05) is 6.54 Å². The van der Waals surface area contributed by atoms with E-state index in [0.717, 1.165) is 12.0 Å². The van der Waals surface area contributed by atoms with Gasteiger partial charge in [-0.1, -0.05) is 43.8 Å². The maximum absolute atomic E-state index is 13.2. The van der Waals surface area contributed by atoms with Crippen LogP contribution in [0.2, 0.25) is 0 Å². The molecule has 0 bridgehead atoms. The zero-order valence-corrected chi connectivity index (χ0v) is 18.4. The van der Waals surface area contributed by atoms with E-state index in [-0.39, 0.29) is 24.0 Å². The van der Waals surface area contributed by atoms with Crippen molar-refractivity contribution < 1.29 is 14.3 Å². The highest BCUT2D eigenvalue weighted by atomic mass is 32.2. The molecule has 4 rings (SSSR count). The van der Waals surface area contributed by atoms with Gasteiger partial charge < -0.3 is 14.8 Å². The number of rotatable bonds is 8. The van der Waals surface area contributed by atoms with Gasteiger partial charge in [-0.05, 0) is 42.2 Å². The summed E-state index contributed by atoms with van der Waals surface area (Å²) >= 11 is 1.27. The molecule has 0 radical (unpaired) electrons. The third-order valence-electron chi connectivity index (χ3n) is 4.98. The highest BCUT2D eigenvalue weighted by Crippen LogP contribution is 2.33. The molecule has 8 heteroatoms. The molecule has 1 amide bonds. The topological polar surface area (TPSA) is 82.5 Å². The Morgan fingerprint density at radius 1 is 1.19 bits per heavy atom. The molecule has 1 aliphatic heterocycles. The monoisotopic (exact) mass is 439 g/mol. The van der Waals surface area contributed by atoms with Gasteiger partial charge in [0.2, 0.25) is 12.7 Å². The van der Waals surface area contributed by atoms with Gasteiger partial charge in [-0.3, -0.25) is 14.2 Å². The number of para-hydroxylation sites is 1. The number of fused-ring (bicyclic) bond motifs is 2. The molecule has 2 heterocycles. The normalized spacial score (nSPS) is 12.5. The van der Waals surface area contributed by atoms with Crippen molar-refractivity contribution in [1.82, 2.24) is 14.9 Å². The minimum absolute atomic E-state index is 0.0670. The van der Waals surface area contributed by atoms with E-state index < -0.39 is 0 Å². The molecule has 7 nitrogen and oxygen atoms in total. The predicted molar refractivity (Wildman–Crippen MR) is 121 cm³/mol. The van der Waals surface area contributed by atoms with E-state index in [1.165, 1.54) is 11.8 Å². The molecular weight excluding hydrogens is 414 g/mol. The fourth-order valence-electron chi connectivity index (χ4n) is 3.30. The standard InChI is InChI=1S/C23H25N3O4S/c1-15(2)9-10-24-21(27)13-31-23-25-18-6-4-3-5-17(18)22(28)26(23)12-16-7-8-19-20(11-16)30-14-29-19/h3-8,11,15H,9-10,12-14H2,1-2H3,(H,24,27). The van der Waals surface area contributed by atoms with Gasteiger partial charge in [0.1, 0.15) is 0 Å². The molecule has 0 atom stereocenters. The zero-order chi connectivity index (χ0) is 21.8. The molecule has 0 aliphatic carbocycles. The quantitative estimate of drug-likeness (QED) is 0.428. The summed E-state index contributed by atoms with van der Waals surface area (Å²) in [6.07, 6.45) is 0.930. The summed E-state index contributed by atoms with van der Waals surface area (Å²) in [5.74, 6) is 2.02. The van der Waals surface area contributed by atoms with Gasteiger partial charge in [0.25, 0.3) is 5.56 Å². The lowest BCUT2D eigenvalue weighted by Gasteiger charge is -2.14. The first kappa shape index (κ1) is 21.2. The highest BCUT2D eigenvalue weighted by molar-refractivity contribution is 7.99. The van der Waals surface area contributed by atoms with Gasteiger partial charge in [-0.25, -0.2) is 4.98 Å². The van der Waals surface area contributed by atoms with Gasteiger partial charge in [-0.2, -0.15) is 0 Å². The maximum atomic E-state index is 13.2. The number of carbonyl (C=O) groups is 1. The third-order valence-corrected chi connectivity index (χ3v) is 5.96. The first-order valence-corrected chi connectivity index (χ1v) is 11.3. The van der Waals surface area contributed by atoms with Gasteiger partial charge in [0.05, 0.1) is 23.2 Å². The van der Waals surface area contributed by atoms with E-state index in [1.54, 1.807) is 10.6 Å². The van der Waals surface area contributed by atoms with Crippen molar-refractivity contribution in [1.29, 1.82) is 0 Å². The molecule has 0 unspecified atom stereocenters. The average molecular weight is 440 g/mol. The van der Waals surface area contributed by atoms with Crippen LogP contribution in [0.15, 0.2) is 52.4 Å². The molecule has 0 saturated carbocycles. The van der Waals surface area contributed by atoms with Crippen LogP contribution in [0.3, 0.4) is 0 Å². The van der Waals surface area contributed by atoms with Gasteiger partial charge >= 0.3 is 0 Å². The van der Waals surface area contributed by atoms with E-state index in [4.69, 9.17) is 9.47 Å². The highest BCUT2D eigenvalue weighted by Gasteiger charge is 2.17. The lowest BCUT2D eigenvalue weighted by Crippen LogP contribution is -2.28. The molecule has 0 saturated heterocycles. The summed E-state index contributed by atoms with van der Waals surface area (Å²) < 4.78 is 12.4. The smallest absolute Gasteiger partial charge is 0.262 e. The fourth-order valence-corrected chi connectivity index (χ4v) is 4.13. The number of aromatic nitrogens is 2. The zero-order valence-electron chi connectivity index (χ0n) is 17.6. The molecule has 3 aromatic rings. The number of thioether (sulfide) groups is 1. The summed E-state index contributed by atoms with van der Waals surface area (Å²) in [5, 5.41) is 3.99. The lowest BCUT2D eigenvalue weighted by atomic mass is 10.1. The summed E-state index contributed by atoms with van der Waals surface area (Å²) in [7, 11) is 0. The average Bonchev–Trinajstić information content (AvgIpc) is 3.22. The molecule has 1 aliphatic rings. The summed E-state index contributed by atoms with van der Waals surface area (Å²) in [5.41, 5.74) is 1.38. The molecule has 0 fully saturated rings. The van der Waals surface area contributed by atoms with Crippen LogP contribution in [0.4, 0.5) is 0 Å². The van der Waals surface area contributed by atoms with Crippen LogP contribution in [-0.4, -0.2) is 34.5 Å². The minimum atomic E-state index is -0.133. The Labute approximate surface area is 184 Å². The summed E-state index contributed by atoms with van der Waals surface area (Å²) in [6, 6.07) is 12.9. The third kappa shape index (κ3) is 5.02. The molecule has 2 aromatic carbocycles. The predicted octanol–water partition coefficient (Wildman–Crippen LogP) is 3.43. The molecule has 1 aromatic heterocycles. The fraction of sp³-hybridized carbons (Fsp3) is 0.348. The number of nitrogens with one attached hydrogen (secondary N) is 1. The van der Waals surface area contributed by atoms with Crippen molar-refractivity contribution in [2.24, 2.45) is 5.92 Å². The molecule has 162 valence electrons. The Balaban J connectivity index is 1.59. The van der Waals surface area contributed by atoms with Crippen molar-refractivity contribution in [3.63, 3.8) is 0 Å². The van der Waals surface area contributed by atoms with Gasteiger partial charge in [-0.15, -0.1) is 0 Å². The number of ether oxygens (including phenoxy) is 2. The Bertz CT molecular complexity index is 1160. The number of carbonyl (C=O) groups excluding carboxylic acids is 1. The van der Waals surface area contributed by atoms with Crippen molar-refractivity contribution in [3.05, 3.63) is 58.4 Å². The van der Waals surface area contributed by atoms with Crippen LogP contribution < -0.4 is 20.3 Å². The second-order valence-electron chi connectivity index (χ2n) is 7.81. The number of hydrogen-bond acceptors (Lipinski definition) is 6. The molecule has 1 N–H and O–H groups in total. The second-order valence-corrected chi connectivity index (χ2v) is 8.75. The Morgan fingerprint density at radius 2 is 2.00 bits per heavy atom. The first-order valence-electron chi connectivity index (χ1n) is 10.3. The van der Waals surface area contributed by atoms with Crippen LogP contribution in [0.1, 0.15) is 25.8 Å². The summed E-state index contributed by atoms with van der Waals surface area (Å²) in [6.45, 7) is 5.41. The van der Waals surface area contributed by atoms with Crippen LogP contribution >= 0.6 is 11.8 Å². The second kappa shape index (κ2) is 9.43. The van der Waals surface area contributed by atoms with E-state index in [2.05, 4.69) is 24.1 Å². The van der Waals surface area contributed by atoms with Crippen LogP contribution in [0.25, 0.3) is 10.9 Å². The van der Waals surface area contributed by atoms with Crippen LogP contribution in [-0.2, 0) is 11.3 Å². The maximum Gasteiger partial charge on any atom is 0.262 e. The Kier molecular flexibility index (Phi) is 6.46. The Morgan fingerprint density at radius 3 is 2.84 bits per heavy atom. The number of amides is 1. The Hall–Kier alpha value is -3.00. The van der Waals surface area contributed by atoms with E-state index in [1.807, 2.05) is 36.4 Å². The van der Waals surface area contributed by atoms with Crippen LogP contribution in [0, 0.1) is 5.92 Å². The number of benzene rings is 2. The van der Waals surface area contributed by atoms with Crippen molar-refractivity contribution >= 4 is 28.6 Å². The van der Waals surface area contributed by atoms with E-state index in [9.17, 15) is 9.59 Å². The number of nitrogens with zero attached hydrogens (tertiary/aromatic N) is 2. The molecule has 0 spiro atoms. The van der Waals surface area contributed by atoms with Crippen LogP contribution in [0.5, 0.6) is 11.5 Å². The number of hydrogen-bond donors (Lipinski definition) is 1. The molecule has 31 heavy (non-hydrogen) atoms. The SMILES string of the molecule is CC(C)CCNC(=O)CSc1nc2ccccc2c(=O)n1Cc1ccc2c(c1)OCO2. The summed E-state index contributed by atoms with van der Waals surface area (Å²) in [4.78, 5) is 30.2. The van der Waals surface area contributed by atoms with Crippen molar-refractivity contribution in [3.8, 4) is 11.5 Å². The van der Waals surface area contributed by atoms with Crippen molar-refractivity contribution in [2.45, 2.75) is 32.0 Å². The minimum Gasteiger partial charge on any atom is -0.454 e. The van der Waals surface area contributed by atoms with E-state index in [0.29, 0.717) is 46.6 Å². The largest absolute Gasteiger partial charge is 0.454 e. The molecular formula is C23H25N3O4S. The first-order chi connectivity index (χ1) is 15.0. The van der Waals surface area contributed by atoms with Gasteiger partial charge in [0.15, 0.2) is 16.7 Å².